The Labute approximate surface area is 129 Å². The molecule has 0 bridgehead atoms. The number of guanidine groups is 1. The van der Waals surface area contributed by atoms with Crippen molar-refractivity contribution in [2.45, 2.75) is 19.6 Å². The van der Waals surface area contributed by atoms with Gasteiger partial charge < -0.3 is 19.7 Å². The van der Waals surface area contributed by atoms with Gasteiger partial charge in [-0.3, -0.25) is 4.99 Å². The van der Waals surface area contributed by atoms with Crippen molar-refractivity contribution < 1.29 is 18.3 Å². The lowest BCUT2D eigenvalue weighted by atomic mass is 10.2. The molecule has 0 radical (unpaired) electrons. The fourth-order valence-corrected chi connectivity index (χ4v) is 1.93. The molecule has 0 unspecified atom stereocenters. The first-order valence-electron chi connectivity index (χ1n) is 7.01. The normalized spacial score (nSPS) is 11.6. The van der Waals surface area contributed by atoms with E-state index in [1.165, 1.54) is 12.1 Å². The maximum absolute atomic E-state index is 12.1. The van der Waals surface area contributed by atoms with Crippen molar-refractivity contribution in [3.05, 3.63) is 29.8 Å². The summed E-state index contributed by atoms with van der Waals surface area (Å²) in [5, 5.41) is 3.23. The van der Waals surface area contributed by atoms with E-state index in [0.29, 0.717) is 13.2 Å². The van der Waals surface area contributed by atoms with Crippen LogP contribution in [0.25, 0.3) is 0 Å². The second kappa shape index (κ2) is 9.94. The molecule has 0 aliphatic carbocycles. The van der Waals surface area contributed by atoms with Crippen LogP contribution in [0.3, 0.4) is 0 Å². The molecule has 5 nitrogen and oxygen atoms in total. The lowest BCUT2D eigenvalue weighted by Crippen LogP contribution is -2.39. The van der Waals surface area contributed by atoms with E-state index in [1.807, 2.05) is 11.9 Å². The number of hydrogen-bond donors (Lipinski definition) is 1. The number of ether oxygens (including phenoxy) is 2. The van der Waals surface area contributed by atoms with Crippen molar-refractivity contribution in [1.29, 1.82) is 0 Å². The average Bonchev–Trinajstić information content (AvgIpc) is 2.49. The van der Waals surface area contributed by atoms with Crippen LogP contribution in [0.4, 0.5) is 8.78 Å². The molecule has 1 rings (SSSR count). The van der Waals surface area contributed by atoms with Crippen molar-refractivity contribution in [2.75, 3.05) is 34.4 Å². The average molecular weight is 315 g/mol. The Morgan fingerprint density at radius 1 is 1.32 bits per heavy atom. The van der Waals surface area contributed by atoms with Gasteiger partial charge in [0.1, 0.15) is 5.75 Å². The van der Waals surface area contributed by atoms with E-state index in [0.717, 1.165) is 24.5 Å². The Bertz CT molecular complexity index is 453. The number of aliphatic imine (C=N–C) groups is 1. The van der Waals surface area contributed by atoms with E-state index in [4.69, 9.17) is 4.74 Å². The molecular formula is C15H23F2N3O2. The molecule has 0 saturated heterocycles. The van der Waals surface area contributed by atoms with Gasteiger partial charge in [-0.25, -0.2) is 0 Å². The topological polar surface area (TPSA) is 46.1 Å². The van der Waals surface area contributed by atoms with Crippen molar-refractivity contribution in [3.63, 3.8) is 0 Å². The van der Waals surface area contributed by atoms with Gasteiger partial charge in [0, 0.05) is 40.9 Å². The maximum atomic E-state index is 12.1. The first-order chi connectivity index (χ1) is 10.6. The summed E-state index contributed by atoms with van der Waals surface area (Å²) in [6, 6.07) is 6.58. The molecule has 1 N–H and O–H groups in total. The van der Waals surface area contributed by atoms with Gasteiger partial charge in [0.25, 0.3) is 0 Å². The number of halogens is 2. The largest absolute Gasteiger partial charge is 0.435 e. The van der Waals surface area contributed by atoms with Crippen LogP contribution < -0.4 is 10.1 Å². The van der Waals surface area contributed by atoms with Gasteiger partial charge in [-0.2, -0.15) is 8.78 Å². The van der Waals surface area contributed by atoms with Crippen LogP contribution in [0.5, 0.6) is 5.75 Å². The Morgan fingerprint density at radius 3 is 2.55 bits per heavy atom. The lowest BCUT2D eigenvalue weighted by Gasteiger charge is -2.22. The summed E-state index contributed by atoms with van der Waals surface area (Å²) in [4.78, 5) is 6.16. The molecule has 0 aromatic heterocycles. The highest BCUT2D eigenvalue weighted by molar-refractivity contribution is 5.79. The highest BCUT2D eigenvalue weighted by Gasteiger charge is 2.07. The first-order valence-corrected chi connectivity index (χ1v) is 7.01. The zero-order valence-electron chi connectivity index (χ0n) is 13.2. The monoisotopic (exact) mass is 315 g/mol. The minimum Gasteiger partial charge on any atom is -0.435 e. The minimum atomic E-state index is -2.80. The zero-order valence-corrected chi connectivity index (χ0v) is 13.2. The summed E-state index contributed by atoms with van der Waals surface area (Å²) in [6.45, 7) is -0.729. The molecule has 0 amide bonds. The predicted octanol–water partition coefficient (Wildman–Crippen LogP) is 2.33. The summed E-state index contributed by atoms with van der Waals surface area (Å²) in [5.74, 6) is 0.924. The maximum Gasteiger partial charge on any atom is 0.387 e. The summed E-state index contributed by atoms with van der Waals surface area (Å²) in [7, 11) is 5.30. The van der Waals surface area contributed by atoms with Gasteiger partial charge in [-0.1, -0.05) is 12.1 Å². The lowest BCUT2D eigenvalue weighted by molar-refractivity contribution is -0.0498. The Morgan fingerprint density at radius 2 is 2.00 bits per heavy atom. The molecule has 124 valence electrons. The van der Waals surface area contributed by atoms with Crippen LogP contribution in [-0.2, 0) is 11.3 Å². The van der Waals surface area contributed by atoms with Crippen LogP contribution in [0.2, 0.25) is 0 Å². The van der Waals surface area contributed by atoms with Crippen LogP contribution in [-0.4, -0.2) is 51.8 Å². The van der Waals surface area contributed by atoms with E-state index in [2.05, 4.69) is 15.0 Å². The van der Waals surface area contributed by atoms with Crippen LogP contribution >= 0.6 is 0 Å². The molecule has 0 saturated carbocycles. The Kier molecular flexibility index (Phi) is 8.21. The molecule has 0 fully saturated rings. The van der Waals surface area contributed by atoms with E-state index in [-0.39, 0.29) is 5.75 Å². The smallest absolute Gasteiger partial charge is 0.387 e. The summed E-state index contributed by atoms with van der Waals surface area (Å²) >= 11 is 0. The van der Waals surface area contributed by atoms with Gasteiger partial charge in [0.05, 0.1) is 0 Å². The number of hydrogen-bond acceptors (Lipinski definition) is 3. The second-order valence-corrected chi connectivity index (χ2v) is 4.70. The summed E-state index contributed by atoms with van der Waals surface area (Å²) in [6.07, 6.45) is 0.892. The van der Waals surface area contributed by atoms with Gasteiger partial charge in [-0.15, -0.1) is 0 Å². The summed E-state index contributed by atoms with van der Waals surface area (Å²) in [5.41, 5.74) is 0.976. The third kappa shape index (κ3) is 6.71. The Hall–Kier alpha value is -1.89. The van der Waals surface area contributed by atoms with E-state index in [9.17, 15) is 8.78 Å². The SMILES string of the molecule is CN=C(NCCCOC)N(C)Cc1ccc(OC(F)F)cc1. The Balaban J connectivity index is 2.49. The van der Waals surface area contributed by atoms with Gasteiger partial charge >= 0.3 is 6.61 Å². The molecule has 0 aliphatic heterocycles. The minimum absolute atomic E-state index is 0.156. The second-order valence-electron chi connectivity index (χ2n) is 4.70. The third-order valence-corrected chi connectivity index (χ3v) is 2.95. The van der Waals surface area contributed by atoms with Gasteiger partial charge in [0.2, 0.25) is 0 Å². The number of alkyl halides is 2. The first kappa shape index (κ1) is 18.2. The zero-order chi connectivity index (χ0) is 16.4. The fraction of sp³-hybridized carbons (Fsp3) is 0.533. The predicted molar refractivity (Wildman–Crippen MR) is 82.4 cm³/mol. The molecule has 0 atom stereocenters. The standard InChI is InChI=1S/C15H23F2N3O2/c1-18-15(19-9-4-10-21-3)20(2)11-12-5-7-13(8-6-12)22-14(16)17/h5-8,14H,4,9-11H2,1-3H3,(H,18,19). The summed E-state index contributed by atoms with van der Waals surface area (Å²) < 4.78 is 33.5. The quantitative estimate of drug-likeness (QED) is 0.454. The molecule has 7 heteroatoms. The highest BCUT2D eigenvalue weighted by Crippen LogP contribution is 2.15. The van der Waals surface area contributed by atoms with E-state index in [1.54, 1.807) is 26.3 Å². The molecular weight excluding hydrogens is 292 g/mol. The van der Waals surface area contributed by atoms with E-state index < -0.39 is 6.61 Å². The molecule has 1 aromatic rings. The molecule has 0 aliphatic rings. The number of nitrogens with zero attached hydrogens (tertiary/aromatic N) is 2. The number of methoxy groups -OCH3 is 1. The van der Waals surface area contributed by atoms with Crippen molar-refractivity contribution in [3.8, 4) is 5.75 Å². The fourth-order valence-electron chi connectivity index (χ4n) is 1.93. The van der Waals surface area contributed by atoms with Crippen LogP contribution in [0.1, 0.15) is 12.0 Å². The van der Waals surface area contributed by atoms with E-state index >= 15 is 0 Å². The molecule has 1 aromatic carbocycles. The third-order valence-electron chi connectivity index (χ3n) is 2.95. The van der Waals surface area contributed by atoms with Gasteiger partial charge in [-0.05, 0) is 24.1 Å². The van der Waals surface area contributed by atoms with Crippen molar-refractivity contribution in [1.82, 2.24) is 10.2 Å². The number of benzene rings is 1. The molecule has 0 heterocycles. The number of nitrogens with one attached hydrogen (secondary N) is 1. The molecule has 0 spiro atoms. The molecule has 22 heavy (non-hydrogen) atoms. The highest BCUT2D eigenvalue weighted by atomic mass is 19.3. The van der Waals surface area contributed by atoms with Crippen LogP contribution in [0, 0.1) is 0 Å². The van der Waals surface area contributed by atoms with Crippen molar-refractivity contribution >= 4 is 5.96 Å². The van der Waals surface area contributed by atoms with Gasteiger partial charge in [0.15, 0.2) is 5.96 Å². The number of rotatable bonds is 8. The van der Waals surface area contributed by atoms with Crippen molar-refractivity contribution in [2.24, 2.45) is 4.99 Å². The van der Waals surface area contributed by atoms with Crippen LogP contribution in [0.15, 0.2) is 29.3 Å².